The largest absolute Gasteiger partial charge is 0.484 e. The Kier molecular flexibility index (Phi) is 5.20. The number of hydrogen-bond acceptors (Lipinski definition) is 3. The van der Waals surface area contributed by atoms with Gasteiger partial charge >= 0.3 is 5.51 Å². The Balaban J connectivity index is 3.47. The minimum absolute atomic E-state index is 0.161. The van der Waals surface area contributed by atoms with Crippen LogP contribution in [0.3, 0.4) is 0 Å². The Hall–Kier alpha value is -1.09. The van der Waals surface area contributed by atoms with E-state index in [0.717, 1.165) is 12.1 Å². The lowest BCUT2D eigenvalue weighted by molar-refractivity contribution is -0.0401. The van der Waals surface area contributed by atoms with Crippen LogP contribution in [-0.4, -0.2) is 23.9 Å². The summed E-state index contributed by atoms with van der Waals surface area (Å²) in [6.07, 6.45) is 0.640. The summed E-state index contributed by atoms with van der Waals surface area (Å²) >= 11 is 0. The predicted molar refractivity (Wildman–Crippen MR) is 70.0 cm³/mol. The third-order valence-electron chi connectivity index (χ3n) is 2.35. The van der Waals surface area contributed by atoms with E-state index >= 15 is 0 Å². The molecule has 1 unspecified atom stereocenters. The number of hydrogen-bond donors (Lipinski definition) is 0. The molecule has 1 atom stereocenters. The molecule has 0 aliphatic carbocycles. The molecule has 0 spiro atoms. The highest BCUT2D eigenvalue weighted by Gasteiger charge is 2.46. The number of benzene rings is 1. The molecule has 9 heteroatoms. The normalized spacial score (nSPS) is 15.6. The first-order valence-electron chi connectivity index (χ1n) is 5.75. The number of halogens is 3. The smallest absolute Gasteiger partial charge is 0.235 e. The molecule has 1 rings (SSSR count). The molecule has 0 aliphatic rings. The van der Waals surface area contributed by atoms with Crippen molar-refractivity contribution in [3.63, 3.8) is 0 Å². The maximum atomic E-state index is 13.0. The van der Waals surface area contributed by atoms with E-state index in [-0.39, 0.29) is 6.42 Å². The van der Waals surface area contributed by atoms with Crippen molar-refractivity contribution in [1.82, 2.24) is 0 Å². The van der Waals surface area contributed by atoms with Crippen LogP contribution in [0.5, 0.6) is 0 Å². The summed E-state index contributed by atoms with van der Waals surface area (Å²) in [5.74, 6) is -0.552. The van der Waals surface area contributed by atoms with Gasteiger partial charge in [-0.05, 0) is 18.6 Å². The van der Waals surface area contributed by atoms with Gasteiger partial charge in [-0.15, -0.1) is 0 Å². The van der Waals surface area contributed by atoms with E-state index in [2.05, 4.69) is 3.77 Å². The lowest BCUT2D eigenvalue weighted by Crippen LogP contribution is -2.25. The molecule has 0 saturated carbocycles. The average Bonchev–Trinajstić information content (AvgIpc) is 2.35. The topological polar surface area (TPSA) is 63.6 Å². The highest BCUT2D eigenvalue weighted by Crippen LogP contribution is 2.33. The summed E-state index contributed by atoms with van der Waals surface area (Å²) in [5, 5.41) is 0. The van der Waals surface area contributed by atoms with E-state index in [9.17, 15) is 25.8 Å². The van der Waals surface area contributed by atoms with Crippen molar-refractivity contribution in [3.05, 3.63) is 30.3 Å². The van der Waals surface area contributed by atoms with Crippen LogP contribution in [0.15, 0.2) is 39.0 Å². The number of nitrogens with zero attached hydrogens (tertiary/aromatic N) is 1. The standard InChI is InChI=1S/C11H14F3NO3S2/c1-2-3-9-19(16,17)15-20(18,11(12,13)14)10-7-5-4-6-8-10/h4-8H,2-3,9H2,1H3. The van der Waals surface area contributed by atoms with E-state index in [0.29, 0.717) is 6.42 Å². The molecule has 0 saturated heterocycles. The van der Waals surface area contributed by atoms with Crippen LogP contribution in [0, 0.1) is 0 Å². The number of unbranched alkanes of at least 4 members (excludes halogenated alkanes) is 1. The summed E-state index contributed by atoms with van der Waals surface area (Å²) in [6, 6.07) is 5.83. The van der Waals surface area contributed by atoms with Crippen LogP contribution in [0.2, 0.25) is 0 Å². The van der Waals surface area contributed by atoms with Crippen molar-refractivity contribution < 1.29 is 25.8 Å². The highest BCUT2D eigenvalue weighted by atomic mass is 32.3. The Morgan fingerprint density at radius 2 is 1.65 bits per heavy atom. The molecule has 0 heterocycles. The number of sulfonamides is 1. The fourth-order valence-corrected chi connectivity index (χ4v) is 5.05. The molecular weight excluding hydrogens is 315 g/mol. The summed E-state index contributed by atoms with van der Waals surface area (Å²) in [7, 11) is -9.44. The molecule has 0 aliphatic heterocycles. The second kappa shape index (κ2) is 6.13. The molecule has 0 bridgehead atoms. The van der Waals surface area contributed by atoms with Gasteiger partial charge in [0.05, 0.1) is 10.6 Å². The zero-order valence-corrected chi connectivity index (χ0v) is 12.3. The molecule has 1 aromatic rings. The van der Waals surface area contributed by atoms with Crippen molar-refractivity contribution >= 4 is 19.8 Å². The lowest BCUT2D eigenvalue weighted by Gasteiger charge is -2.13. The third kappa shape index (κ3) is 3.95. The van der Waals surface area contributed by atoms with Crippen molar-refractivity contribution in [2.24, 2.45) is 3.77 Å². The molecule has 20 heavy (non-hydrogen) atoms. The zero-order valence-electron chi connectivity index (χ0n) is 10.6. The van der Waals surface area contributed by atoms with Crippen LogP contribution in [0.25, 0.3) is 0 Å². The zero-order chi connectivity index (χ0) is 15.4. The summed E-state index contributed by atoms with van der Waals surface area (Å²) in [4.78, 5) is -0.660. The van der Waals surface area contributed by atoms with Crippen molar-refractivity contribution in [1.29, 1.82) is 0 Å². The fraction of sp³-hybridized carbons (Fsp3) is 0.455. The van der Waals surface area contributed by atoms with Gasteiger partial charge in [0, 0.05) is 0 Å². The minimum Gasteiger partial charge on any atom is -0.235 e. The maximum absolute atomic E-state index is 13.0. The molecule has 114 valence electrons. The minimum atomic E-state index is -5.26. The molecule has 0 radical (unpaired) electrons. The Labute approximate surface area is 116 Å². The first-order chi connectivity index (χ1) is 9.12. The van der Waals surface area contributed by atoms with Gasteiger partial charge in [0.25, 0.3) is 10.0 Å². The van der Waals surface area contributed by atoms with Crippen molar-refractivity contribution in [2.75, 3.05) is 5.75 Å². The lowest BCUT2D eigenvalue weighted by atomic mass is 10.4. The third-order valence-corrected chi connectivity index (χ3v) is 6.44. The molecule has 0 fully saturated rings. The average molecular weight is 329 g/mol. The van der Waals surface area contributed by atoms with Gasteiger partial charge in [-0.2, -0.15) is 13.2 Å². The van der Waals surface area contributed by atoms with Gasteiger partial charge in [0.15, 0.2) is 9.73 Å². The highest BCUT2D eigenvalue weighted by molar-refractivity contribution is 8.03. The summed E-state index contributed by atoms with van der Waals surface area (Å²) in [5.41, 5.74) is -5.26. The van der Waals surface area contributed by atoms with Crippen LogP contribution in [-0.2, 0) is 19.8 Å². The summed E-state index contributed by atoms with van der Waals surface area (Å²) in [6.45, 7) is 1.69. The molecule has 0 aromatic heterocycles. The fourth-order valence-electron chi connectivity index (χ4n) is 1.35. The predicted octanol–water partition coefficient (Wildman–Crippen LogP) is 3.16. The van der Waals surface area contributed by atoms with Crippen LogP contribution in [0.4, 0.5) is 13.2 Å². The molecular formula is C11H14F3NO3S2. The first-order valence-corrected chi connectivity index (χ1v) is 8.87. The van der Waals surface area contributed by atoms with Gasteiger partial charge in [0.2, 0.25) is 0 Å². The van der Waals surface area contributed by atoms with E-state index in [1.54, 1.807) is 6.92 Å². The van der Waals surface area contributed by atoms with Crippen molar-refractivity contribution in [3.8, 4) is 0 Å². The van der Waals surface area contributed by atoms with Gasteiger partial charge in [0.1, 0.15) is 0 Å². The molecule has 0 N–H and O–H groups in total. The van der Waals surface area contributed by atoms with Gasteiger partial charge < -0.3 is 0 Å². The quantitative estimate of drug-likeness (QED) is 0.833. The van der Waals surface area contributed by atoms with Crippen molar-refractivity contribution in [2.45, 2.75) is 30.2 Å². The Morgan fingerprint density at radius 3 is 2.10 bits per heavy atom. The van der Waals surface area contributed by atoms with E-state index in [4.69, 9.17) is 0 Å². The van der Waals surface area contributed by atoms with Crippen LogP contribution < -0.4 is 0 Å². The maximum Gasteiger partial charge on any atom is 0.484 e. The Morgan fingerprint density at radius 1 is 1.10 bits per heavy atom. The van der Waals surface area contributed by atoms with Gasteiger partial charge in [-0.25, -0.2) is 12.6 Å². The monoisotopic (exact) mass is 329 g/mol. The molecule has 1 aromatic carbocycles. The summed E-state index contributed by atoms with van der Waals surface area (Å²) < 4.78 is 77.0. The molecule has 4 nitrogen and oxygen atoms in total. The van der Waals surface area contributed by atoms with Crippen LogP contribution in [0.1, 0.15) is 19.8 Å². The van der Waals surface area contributed by atoms with E-state index < -0.39 is 35.9 Å². The number of alkyl halides is 3. The van der Waals surface area contributed by atoms with E-state index in [1.165, 1.54) is 18.2 Å². The number of rotatable bonds is 5. The SMILES string of the molecule is CCCCS(=O)(=O)N=S(=O)(c1ccccc1)C(F)(F)F. The van der Waals surface area contributed by atoms with Crippen LogP contribution >= 0.6 is 0 Å². The Bertz CT molecular complexity index is 660. The second-order valence-electron chi connectivity index (χ2n) is 4.00. The van der Waals surface area contributed by atoms with Gasteiger partial charge in [-0.3, -0.25) is 0 Å². The van der Waals surface area contributed by atoms with E-state index in [1.807, 2.05) is 0 Å². The molecule has 0 amide bonds. The second-order valence-corrected chi connectivity index (χ2v) is 8.15. The van der Waals surface area contributed by atoms with Gasteiger partial charge in [-0.1, -0.05) is 35.3 Å². The first kappa shape index (κ1) is 17.0.